The number of ether oxygens (including phenoxy) is 3. The summed E-state index contributed by atoms with van der Waals surface area (Å²) in [5.41, 5.74) is -0.453. The van der Waals surface area contributed by atoms with Crippen molar-refractivity contribution in [3.8, 4) is 5.75 Å². The van der Waals surface area contributed by atoms with Crippen molar-refractivity contribution in [2.24, 2.45) is 11.8 Å². The highest BCUT2D eigenvalue weighted by molar-refractivity contribution is 6.04. The van der Waals surface area contributed by atoms with Gasteiger partial charge >= 0.3 is 6.09 Å². The average Bonchev–Trinajstić information content (AvgIpc) is 3.79. The van der Waals surface area contributed by atoms with Gasteiger partial charge in [-0.1, -0.05) is 6.92 Å². The van der Waals surface area contributed by atoms with Gasteiger partial charge in [-0.15, -0.1) is 0 Å². The van der Waals surface area contributed by atoms with Gasteiger partial charge in [0.1, 0.15) is 11.4 Å². The Morgan fingerprint density at radius 1 is 1.16 bits per heavy atom. The smallest absolute Gasteiger partial charge is 0.410 e. The molecule has 3 aliphatic rings. The number of hydrogen-bond donors (Lipinski definition) is 1. The van der Waals surface area contributed by atoms with Gasteiger partial charge in [0.15, 0.2) is 5.60 Å². The Kier molecular flexibility index (Phi) is 10.2. The Balaban J connectivity index is 1.64. The predicted octanol–water partition coefficient (Wildman–Crippen LogP) is 4.51. The summed E-state index contributed by atoms with van der Waals surface area (Å²) >= 11 is 0. The quantitative estimate of drug-likeness (QED) is 0.386. The number of nitrogens with one attached hydrogen (secondary N) is 1. The second kappa shape index (κ2) is 13.3. The molecule has 0 bridgehead atoms. The minimum Gasteiger partial charge on any atom is -0.476 e. The summed E-state index contributed by atoms with van der Waals surface area (Å²) in [5, 5.41) is 3.03. The Morgan fingerprint density at radius 2 is 1.84 bits per heavy atom. The van der Waals surface area contributed by atoms with E-state index in [1.807, 2.05) is 32.0 Å². The normalized spacial score (nSPS) is 22.0. The van der Waals surface area contributed by atoms with Gasteiger partial charge in [-0.25, -0.2) is 4.79 Å². The van der Waals surface area contributed by atoms with Crippen LogP contribution in [0.5, 0.6) is 5.75 Å². The summed E-state index contributed by atoms with van der Waals surface area (Å²) in [6.45, 7) is 14.1. The maximum atomic E-state index is 14.4. The maximum absolute atomic E-state index is 14.4. The summed E-state index contributed by atoms with van der Waals surface area (Å²) in [6, 6.07) is 5.52. The molecule has 44 heavy (non-hydrogen) atoms. The second-order valence-electron chi connectivity index (χ2n) is 13.8. The van der Waals surface area contributed by atoms with Crippen LogP contribution < -0.4 is 19.9 Å². The molecule has 4 rings (SSSR count). The number of likely N-dealkylation sites (tertiary alicyclic amines) is 1. The van der Waals surface area contributed by atoms with E-state index < -0.39 is 29.1 Å². The molecule has 4 amide bonds. The summed E-state index contributed by atoms with van der Waals surface area (Å²) in [5.74, 6) is -1.03. The minimum absolute atomic E-state index is 0.00318. The summed E-state index contributed by atoms with van der Waals surface area (Å²) in [6.07, 6.45) is 2.92. The molecular weight excluding hydrogens is 564 g/mol. The zero-order valence-electron chi connectivity index (χ0n) is 27.6. The van der Waals surface area contributed by atoms with Crippen LogP contribution in [0.2, 0.25) is 0 Å². The number of anilines is 2. The fourth-order valence-electron chi connectivity index (χ4n) is 5.75. The Morgan fingerprint density at radius 3 is 2.45 bits per heavy atom. The van der Waals surface area contributed by atoms with Crippen LogP contribution in [0.3, 0.4) is 0 Å². The number of hydrogen-bond acceptors (Lipinski definition) is 7. The van der Waals surface area contributed by atoms with Gasteiger partial charge in [-0.3, -0.25) is 14.4 Å². The highest BCUT2D eigenvalue weighted by Crippen LogP contribution is 2.43. The molecule has 0 radical (unpaired) electrons. The van der Waals surface area contributed by atoms with Crippen molar-refractivity contribution in [3.63, 3.8) is 0 Å². The molecule has 1 N–H and O–H groups in total. The predicted molar refractivity (Wildman–Crippen MR) is 168 cm³/mol. The molecule has 1 aliphatic carbocycles. The molecule has 244 valence electrons. The Bertz CT molecular complexity index is 1240. The van der Waals surface area contributed by atoms with E-state index in [1.165, 1.54) is 4.90 Å². The van der Waals surface area contributed by atoms with Gasteiger partial charge in [0.25, 0.3) is 5.91 Å². The number of amides is 4. The van der Waals surface area contributed by atoms with Gasteiger partial charge in [0.05, 0.1) is 17.5 Å². The first-order valence-electron chi connectivity index (χ1n) is 15.9. The number of rotatable bonds is 10. The number of benzene rings is 1. The first-order valence-corrected chi connectivity index (χ1v) is 15.9. The lowest BCUT2D eigenvalue weighted by atomic mass is 9.87. The molecule has 1 aromatic rings. The van der Waals surface area contributed by atoms with E-state index in [-0.39, 0.29) is 42.9 Å². The van der Waals surface area contributed by atoms with Crippen LogP contribution >= 0.6 is 0 Å². The molecule has 2 heterocycles. The lowest BCUT2D eigenvalue weighted by Gasteiger charge is -2.40. The van der Waals surface area contributed by atoms with Crippen molar-refractivity contribution < 1.29 is 33.4 Å². The number of nitrogens with zero attached hydrogens (tertiary/aromatic N) is 3. The molecule has 3 atom stereocenters. The SMILES string of the molecule is CC[C@@H](C)NC(=O)C1CC(C(=O)N(c2ccc3c(c2)N(CCCOC)C(=O)C(C)(C)O3)C2CC2)CN(C(=O)OC(C)(C)C)C1. The lowest BCUT2D eigenvalue weighted by molar-refractivity contribution is -0.133. The van der Waals surface area contributed by atoms with Crippen molar-refractivity contribution >= 4 is 35.2 Å². The maximum Gasteiger partial charge on any atom is 0.410 e. The number of carbonyl (C=O) groups is 4. The third-order valence-electron chi connectivity index (χ3n) is 8.34. The first-order chi connectivity index (χ1) is 20.6. The van der Waals surface area contributed by atoms with E-state index in [0.29, 0.717) is 43.1 Å². The molecular formula is C33H50N4O7. The van der Waals surface area contributed by atoms with Crippen molar-refractivity contribution in [1.29, 1.82) is 0 Å². The summed E-state index contributed by atoms with van der Waals surface area (Å²) in [4.78, 5) is 59.3. The van der Waals surface area contributed by atoms with Crippen LogP contribution in [0.4, 0.5) is 16.2 Å². The molecule has 1 saturated heterocycles. The standard InChI is InChI=1S/C33H50N4O7/c1-9-21(2)34-28(38)22-17-23(20-35(19-22)31(41)44-32(3,4)5)29(39)37(24-11-12-24)25-13-14-27-26(18-25)36(15-10-16-42-8)30(40)33(6,7)43-27/h13-14,18,21-24H,9-12,15-17,19-20H2,1-8H3,(H,34,38)/t21-,22?,23?/m1/s1. The van der Waals surface area contributed by atoms with Gasteiger partial charge < -0.3 is 34.2 Å². The van der Waals surface area contributed by atoms with E-state index in [4.69, 9.17) is 14.2 Å². The summed E-state index contributed by atoms with van der Waals surface area (Å²) in [7, 11) is 1.63. The van der Waals surface area contributed by atoms with Gasteiger partial charge in [-0.05, 0) is 91.8 Å². The number of carbonyl (C=O) groups excluding carboxylic acids is 4. The van der Waals surface area contributed by atoms with E-state index >= 15 is 0 Å². The molecule has 1 aromatic carbocycles. The van der Waals surface area contributed by atoms with Crippen LogP contribution in [0.15, 0.2) is 18.2 Å². The lowest BCUT2D eigenvalue weighted by Crippen LogP contribution is -2.54. The fraction of sp³-hybridized carbons (Fsp3) is 0.697. The molecule has 2 aliphatic heterocycles. The highest BCUT2D eigenvalue weighted by atomic mass is 16.6. The molecule has 11 heteroatoms. The molecule has 0 spiro atoms. The fourth-order valence-corrected chi connectivity index (χ4v) is 5.75. The van der Waals surface area contributed by atoms with Crippen molar-refractivity contribution in [3.05, 3.63) is 18.2 Å². The Hall–Kier alpha value is -3.34. The zero-order chi connectivity index (χ0) is 32.4. The van der Waals surface area contributed by atoms with Crippen molar-refractivity contribution in [2.75, 3.05) is 43.2 Å². The van der Waals surface area contributed by atoms with Crippen molar-refractivity contribution in [2.45, 2.75) is 104 Å². The monoisotopic (exact) mass is 614 g/mol. The van der Waals surface area contributed by atoms with Crippen LogP contribution in [-0.2, 0) is 23.9 Å². The van der Waals surface area contributed by atoms with Crippen molar-refractivity contribution in [1.82, 2.24) is 10.2 Å². The zero-order valence-corrected chi connectivity index (χ0v) is 27.6. The van der Waals surface area contributed by atoms with Crippen LogP contribution in [-0.4, -0.2) is 85.4 Å². The highest BCUT2D eigenvalue weighted by Gasteiger charge is 2.45. The molecule has 11 nitrogen and oxygen atoms in total. The molecule has 1 saturated carbocycles. The van der Waals surface area contributed by atoms with Gasteiger partial charge in [0, 0.05) is 51.1 Å². The molecule has 0 aromatic heterocycles. The largest absolute Gasteiger partial charge is 0.476 e. The third-order valence-corrected chi connectivity index (χ3v) is 8.34. The first kappa shape index (κ1) is 33.6. The van der Waals surface area contributed by atoms with Gasteiger partial charge in [0.2, 0.25) is 11.8 Å². The summed E-state index contributed by atoms with van der Waals surface area (Å²) < 4.78 is 17.0. The number of methoxy groups -OCH3 is 1. The third kappa shape index (κ3) is 7.83. The van der Waals surface area contributed by atoms with E-state index in [2.05, 4.69) is 5.32 Å². The minimum atomic E-state index is -1.02. The number of piperidine rings is 1. The van der Waals surface area contributed by atoms with Crippen LogP contribution in [0.1, 0.15) is 80.6 Å². The van der Waals surface area contributed by atoms with Crippen LogP contribution in [0.25, 0.3) is 0 Å². The topological polar surface area (TPSA) is 118 Å². The van der Waals surface area contributed by atoms with Crippen LogP contribution in [0, 0.1) is 11.8 Å². The second-order valence-corrected chi connectivity index (χ2v) is 13.8. The number of fused-ring (bicyclic) bond motifs is 1. The Labute approximate surface area is 261 Å². The molecule has 2 fully saturated rings. The van der Waals surface area contributed by atoms with E-state index in [0.717, 1.165) is 19.3 Å². The average molecular weight is 615 g/mol. The van der Waals surface area contributed by atoms with Gasteiger partial charge in [-0.2, -0.15) is 0 Å². The van der Waals surface area contributed by atoms with E-state index in [9.17, 15) is 19.2 Å². The molecule has 2 unspecified atom stereocenters. The van der Waals surface area contributed by atoms with E-state index in [1.54, 1.807) is 51.5 Å².